The number of piperidine rings is 1. The predicted molar refractivity (Wildman–Crippen MR) is 152 cm³/mol. The van der Waals surface area contributed by atoms with Gasteiger partial charge in [0.2, 0.25) is 6.41 Å². The zero-order valence-corrected chi connectivity index (χ0v) is 24.5. The first-order chi connectivity index (χ1) is 18.0. The third kappa shape index (κ3) is 7.26. The van der Waals surface area contributed by atoms with E-state index in [4.69, 9.17) is 4.98 Å². The minimum atomic E-state index is -0.268. The third-order valence-electron chi connectivity index (χ3n) is 6.31. The van der Waals surface area contributed by atoms with Gasteiger partial charge >= 0.3 is 27.9 Å². The average Bonchev–Trinajstić information content (AvgIpc) is 3.34. The second-order valence-corrected chi connectivity index (χ2v) is 8.92. The first kappa shape index (κ1) is 28.5. The van der Waals surface area contributed by atoms with Crippen LogP contribution in [0.5, 0.6) is 0 Å². The summed E-state index contributed by atoms with van der Waals surface area (Å²) in [5.41, 5.74) is 4.89. The number of imidazole rings is 1. The molecule has 1 saturated heterocycles. The molecule has 1 amide bonds. The number of benzene rings is 2. The predicted octanol–water partition coefficient (Wildman–Crippen LogP) is 5.47. The van der Waals surface area contributed by atoms with Crippen molar-refractivity contribution >= 4 is 46.3 Å². The Balaban J connectivity index is 0.000000247. The van der Waals surface area contributed by atoms with Gasteiger partial charge in [0.15, 0.2) is 0 Å². The van der Waals surface area contributed by atoms with Crippen LogP contribution in [0.4, 0.5) is 15.8 Å². The van der Waals surface area contributed by atoms with E-state index in [9.17, 15) is 9.18 Å². The number of nitrogens with one attached hydrogen (secondary N) is 1. The number of carbonyl (C=O) groups excluding carboxylic acids is 1. The summed E-state index contributed by atoms with van der Waals surface area (Å²) in [7, 11) is 5.99. The number of halogens is 1. The molecule has 1 N–H and O–H groups in total. The number of hydrogen-bond donors (Lipinski definition) is 1. The minimum absolute atomic E-state index is 0.196. The van der Waals surface area contributed by atoms with Crippen LogP contribution in [0.2, 0.25) is 4.87 Å². The second kappa shape index (κ2) is 14.0. The van der Waals surface area contributed by atoms with Gasteiger partial charge in [-0.2, -0.15) is 0 Å². The quantitative estimate of drug-likeness (QED) is 0.241. The Labute approximate surface area is 233 Å². The molecule has 5 rings (SSSR count). The van der Waals surface area contributed by atoms with Gasteiger partial charge in [-0.05, 0) is 61.4 Å². The Morgan fingerprint density at radius 1 is 1.08 bits per heavy atom. The van der Waals surface area contributed by atoms with Crippen LogP contribution in [0, 0.1) is 5.82 Å². The van der Waals surface area contributed by atoms with Crippen molar-refractivity contribution in [2.75, 3.05) is 44.4 Å². The first-order valence-corrected chi connectivity index (χ1v) is 14.9. The van der Waals surface area contributed by atoms with E-state index in [1.807, 2.05) is 51.6 Å². The topological polar surface area (TPSA) is 52.9 Å². The van der Waals surface area contributed by atoms with Crippen molar-refractivity contribution < 1.29 is 9.18 Å². The van der Waals surface area contributed by atoms with Gasteiger partial charge < -0.3 is 19.5 Å². The van der Waals surface area contributed by atoms with Crippen LogP contribution < -0.4 is 10.2 Å². The summed E-state index contributed by atoms with van der Waals surface area (Å²) < 4.78 is 15.7. The number of rotatable bonds is 5. The molecule has 4 aromatic rings. The summed E-state index contributed by atoms with van der Waals surface area (Å²) in [6, 6.07) is 20.8. The van der Waals surface area contributed by atoms with Gasteiger partial charge in [-0.1, -0.05) is 18.2 Å². The molecule has 1 atom stereocenters. The van der Waals surface area contributed by atoms with Gasteiger partial charge in [-0.25, -0.2) is 9.37 Å². The second-order valence-electron chi connectivity index (χ2n) is 8.92. The van der Waals surface area contributed by atoms with Crippen molar-refractivity contribution in [2.45, 2.75) is 23.6 Å². The van der Waals surface area contributed by atoms with E-state index in [0.29, 0.717) is 6.54 Å². The number of aromatic nitrogens is 2. The Morgan fingerprint density at radius 3 is 2.49 bits per heavy atom. The zero-order valence-electron chi connectivity index (χ0n) is 21.9. The molecule has 0 bridgehead atoms. The van der Waals surface area contributed by atoms with Crippen molar-refractivity contribution in [1.82, 2.24) is 14.3 Å². The van der Waals surface area contributed by atoms with Crippen molar-refractivity contribution in [3.63, 3.8) is 0 Å². The van der Waals surface area contributed by atoms with E-state index in [0.717, 1.165) is 54.1 Å². The summed E-state index contributed by atoms with van der Waals surface area (Å²) in [6.07, 6.45) is 4.87. The Morgan fingerprint density at radius 2 is 1.84 bits per heavy atom. The molecule has 1 aliphatic heterocycles. The zero-order chi connectivity index (χ0) is 26.8. The molecule has 1 aliphatic rings. The van der Waals surface area contributed by atoms with Crippen LogP contribution in [0.3, 0.4) is 0 Å². The van der Waals surface area contributed by atoms with E-state index in [1.54, 1.807) is 34.0 Å². The van der Waals surface area contributed by atoms with Crippen LogP contribution in [0.25, 0.3) is 16.8 Å². The average molecular weight is 610 g/mol. The summed E-state index contributed by atoms with van der Waals surface area (Å²) in [6.45, 7) is 1.49. The number of nitrogens with zero attached hydrogens (tertiary/aromatic N) is 4. The molecule has 194 valence electrons. The molecule has 6 nitrogen and oxygen atoms in total. The van der Waals surface area contributed by atoms with E-state index in [-0.39, 0.29) is 11.7 Å². The van der Waals surface area contributed by atoms with Gasteiger partial charge in [0.25, 0.3) is 0 Å². The molecular weight excluding hydrogens is 575 g/mol. The van der Waals surface area contributed by atoms with Crippen molar-refractivity contribution in [2.24, 2.45) is 0 Å². The van der Waals surface area contributed by atoms with Crippen molar-refractivity contribution in [3.05, 3.63) is 84.6 Å². The van der Waals surface area contributed by atoms with Crippen LogP contribution >= 0.6 is 0 Å². The summed E-state index contributed by atoms with van der Waals surface area (Å²) >= 11 is 1.75. The Kier molecular flexibility index (Phi) is 10.8. The molecule has 1 fully saturated rings. The van der Waals surface area contributed by atoms with Gasteiger partial charge in [-0.15, -0.1) is 0 Å². The molecule has 0 spiro atoms. The molecule has 37 heavy (non-hydrogen) atoms. The molecule has 8 heteroatoms. The van der Waals surface area contributed by atoms with Gasteiger partial charge in [0, 0.05) is 63.3 Å². The fraction of sp³-hybridized carbons (Fsp3) is 0.310. The number of carbonyl (C=O) groups is 1. The molecule has 3 heterocycles. The number of amides is 1. The molecule has 0 saturated carbocycles. The van der Waals surface area contributed by atoms with Gasteiger partial charge in [0.1, 0.15) is 11.6 Å². The number of fused-ring (bicyclic) bond motifs is 1. The number of likely N-dealkylation sites (tertiary alicyclic amines) is 1. The number of pyridine rings is 1. The monoisotopic (exact) mass is 609 g/mol. The normalized spacial score (nSPS) is 14.6. The molecule has 2 aromatic carbocycles. The van der Waals surface area contributed by atoms with Gasteiger partial charge in [0.05, 0.1) is 11.2 Å². The summed E-state index contributed by atoms with van der Waals surface area (Å²) in [4.78, 5) is 21.9. The number of hydrogen-bond acceptors (Lipinski definition) is 4. The van der Waals surface area contributed by atoms with Crippen LogP contribution in [0.1, 0.15) is 24.6 Å². The van der Waals surface area contributed by atoms with Crippen LogP contribution in [-0.4, -0.2) is 77.9 Å². The van der Waals surface area contributed by atoms with Crippen LogP contribution in [-0.2, 0) is 4.79 Å². The molecule has 1 unspecified atom stereocenters. The van der Waals surface area contributed by atoms with E-state index >= 15 is 0 Å². The maximum atomic E-state index is 13.6. The fourth-order valence-corrected chi connectivity index (χ4v) is 4.44. The number of anilines is 2. The van der Waals surface area contributed by atoms with Crippen molar-refractivity contribution in [1.29, 1.82) is 0 Å². The fourth-order valence-electron chi connectivity index (χ4n) is 4.44. The molecular formula is C29H35FN5OSb. The maximum absolute atomic E-state index is 13.6. The van der Waals surface area contributed by atoms with E-state index in [1.165, 1.54) is 17.8 Å². The Bertz CT molecular complexity index is 1280. The SMILES string of the molecule is CNc1ccc(N(C)C)cc1.O=CN1CCCC(c2nc(-c3cccc(F)c3)c3ccccn23)C1.[CH3][Sb]. The van der Waals surface area contributed by atoms with Crippen LogP contribution in [0.15, 0.2) is 72.9 Å². The molecule has 2 radical (unpaired) electrons. The van der Waals surface area contributed by atoms with E-state index < -0.39 is 0 Å². The third-order valence-corrected chi connectivity index (χ3v) is 6.31. The Hall–Kier alpha value is -3.05. The van der Waals surface area contributed by atoms with E-state index in [2.05, 4.69) is 43.8 Å². The van der Waals surface area contributed by atoms with Crippen molar-refractivity contribution in [3.8, 4) is 11.3 Å². The standard InChI is InChI=1S/C19H18FN3O.C9H14N2.CH3.Sb/c20-16-7-3-5-14(11-16)18-17-8-1-2-10-23(17)19(21-18)15-6-4-9-22(12-15)13-24;1-10-8-4-6-9(7-5-8)11(2)3;;/h1-3,5,7-8,10-11,13,15H,4,6,9,12H2;4-7,10H,1-3H3;1H3;. The first-order valence-electron chi connectivity index (χ1n) is 12.3. The summed E-state index contributed by atoms with van der Waals surface area (Å²) in [5, 5.41) is 3.07. The molecule has 2 aromatic heterocycles. The molecule has 0 aliphatic carbocycles. The van der Waals surface area contributed by atoms with Gasteiger partial charge in [-0.3, -0.25) is 4.79 Å². The summed E-state index contributed by atoms with van der Waals surface area (Å²) in [5.74, 6) is 0.869.